The molecule has 1 saturated carbocycles. The first-order chi connectivity index (χ1) is 9.95. The zero-order valence-electron chi connectivity index (χ0n) is 13.0. The van der Waals surface area contributed by atoms with Gasteiger partial charge in [-0.2, -0.15) is 0 Å². The molecular formula is C15H27N3O3. The van der Waals surface area contributed by atoms with Gasteiger partial charge in [0.05, 0.1) is 5.92 Å². The van der Waals surface area contributed by atoms with Crippen LogP contribution in [0, 0.1) is 11.8 Å². The summed E-state index contributed by atoms with van der Waals surface area (Å²) in [5.74, 6) is -0.357. The second-order valence-electron chi connectivity index (χ2n) is 6.69. The fraction of sp³-hybridized carbons (Fsp3) is 0.867. The van der Waals surface area contributed by atoms with E-state index in [1.165, 1.54) is 0 Å². The predicted molar refractivity (Wildman–Crippen MR) is 80.1 cm³/mol. The van der Waals surface area contributed by atoms with Crippen molar-refractivity contribution in [3.05, 3.63) is 0 Å². The topological polar surface area (TPSA) is 72.9 Å². The lowest BCUT2D eigenvalue weighted by molar-refractivity contribution is -0.141. The van der Waals surface area contributed by atoms with Crippen LogP contribution >= 0.6 is 0 Å². The summed E-state index contributed by atoms with van der Waals surface area (Å²) in [5.41, 5.74) is 0. The number of hydrogen-bond donors (Lipinski definition) is 2. The highest BCUT2D eigenvalue weighted by Crippen LogP contribution is 2.26. The second-order valence-corrected chi connectivity index (χ2v) is 6.69. The molecule has 6 heteroatoms. The average Bonchev–Trinajstić information content (AvgIpc) is 2.87. The third kappa shape index (κ3) is 4.59. The van der Waals surface area contributed by atoms with Crippen molar-refractivity contribution in [3.8, 4) is 0 Å². The molecule has 6 nitrogen and oxygen atoms in total. The molecule has 0 radical (unpaired) electrons. The van der Waals surface area contributed by atoms with Gasteiger partial charge in [0.2, 0.25) is 0 Å². The molecule has 1 saturated heterocycles. The van der Waals surface area contributed by atoms with Gasteiger partial charge in [0.25, 0.3) is 0 Å². The molecule has 0 unspecified atom stereocenters. The molecule has 2 aliphatic rings. The van der Waals surface area contributed by atoms with E-state index >= 15 is 0 Å². The van der Waals surface area contributed by atoms with E-state index in [9.17, 15) is 9.59 Å². The van der Waals surface area contributed by atoms with Gasteiger partial charge in [0, 0.05) is 25.7 Å². The summed E-state index contributed by atoms with van der Waals surface area (Å²) in [7, 11) is 4.16. The molecule has 2 atom stereocenters. The molecule has 1 aliphatic heterocycles. The van der Waals surface area contributed by atoms with Crippen LogP contribution in [0.15, 0.2) is 0 Å². The van der Waals surface area contributed by atoms with Gasteiger partial charge >= 0.3 is 12.0 Å². The van der Waals surface area contributed by atoms with Crippen LogP contribution in [0.25, 0.3) is 0 Å². The van der Waals surface area contributed by atoms with Gasteiger partial charge in [-0.05, 0) is 52.1 Å². The number of hydrogen-bond acceptors (Lipinski definition) is 3. The maximum Gasteiger partial charge on any atom is 0.317 e. The summed E-state index contributed by atoms with van der Waals surface area (Å²) >= 11 is 0. The van der Waals surface area contributed by atoms with Gasteiger partial charge in [-0.1, -0.05) is 0 Å². The van der Waals surface area contributed by atoms with E-state index in [0.29, 0.717) is 18.8 Å². The number of urea groups is 1. The van der Waals surface area contributed by atoms with E-state index in [0.717, 1.165) is 38.9 Å². The van der Waals surface area contributed by atoms with E-state index in [1.54, 1.807) is 0 Å². The number of carbonyl (C=O) groups is 2. The number of likely N-dealkylation sites (tertiary alicyclic amines) is 1. The van der Waals surface area contributed by atoms with Gasteiger partial charge in [-0.25, -0.2) is 4.79 Å². The Hall–Kier alpha value is -1.30. The molecule has 0 aromatic carbocycles. The number of carboxylic acids is 1. The third-order valence-corrected chi connectivity index (χ3v) is 4.63. The van der Waals surface area contributed by atoms with Gasteiger partial charge in [0.15, 0.2) is 0 Å². The Kier molecular flexibility index (Phi) is 5.45. The minimum Gasteiger partial charge on any atom is -0.481 e. The molecule has 0 spiro atoms. The summed E-state index contributed by atoms with van der Waals surface area (Å²) in [6, 6.07) is 0.00689. The lowest BCUT2D eigenvalue weighted by Crippen LogP contribution is -2.48. The molecule has 2 N–H and O–H groups in total. The molecule has 2 fully saturated rings. The van der Waals surface area contributed by atoms with Crippen molar-refractivity contribution >= 4 is 12.0 Å². The monoisotopic (exact) mass is 297 g/mol. The van der Waals surface area contributed by atoms with Gasteiger partial charge in [-0.15, -0.1) is 0 Å². The van der Waals surface area contributed by atoms with Crippen LogP contribution in [0.1, 0.15) is 32.1 Å². The number of rotatable bonds is 4. The highest BCUT2D eigenvalue weighted by atomic mass is 16.4. The predicted octanol–water partition coefficient (Wildman–Crippen LogP) is 1.22. The van der Waals surface area contributed by atoms with E-state index < -0.39 is 5.97 Å². The maximum atomic E-state index is 12.2. The van der Waals surface area contributed by atoms with E-state index in [-0.39, 0.29) is 18.0 Å². The van der Waals surface area contributed by atoms with Crippen LogP contribution in [0.4, 0.5) is 4.79 Å². The number of nitrogens with zero attached hydrogens (tertiary/aromatic N) is 2. The van der Waals surface area contributed by atoms with Crippen molar-refractivity contribution in [3.63, 3.8) is 0 Å². The zero-order valence-corrected chi connectivity index (χ0v) is 13.0. The van der Waals surface area contributed by atoms with E-state index in [1.807, 2.05) is 4.90 Å². The maximum absolute atomic E-state index is 12.2. The summed E-state index contributed by atoms with van der Waals surface area (Å²) in [6.45, 7) is 2.69. The molecule has 0 aromatic rings. The van der Waals surface area contributed by atoms with Crippen LogP contribution in [0.5, 0.6) is 0 Å². The first-order valence-electron chi connectivity index (χ1n) is 7.88. The van der Waals surface area contributed by atoms with Crippen molar-refractivity contribution in [2.24, 2.45) is 11.8 Å². The second kappa shape index (κ2) is 7.11. The van der Waals surface area contributed by atoms with Gasteiger partial charge in [-0.3, -0.25) is 4.79 Å². The number of piperidine rings is 1. The fourth-order valence-electron chi connectivity index (χ4n) is 3.44. The number of carbonyl (C=O) groups excluding carboxylic acids is 1. The molecule has 1 heterocycles. The molecule has 2 rings (SSSR count). The molecule has 120 valence electrons. The molecule has 21 heavy (non-hydrogen) atoms. The Morgan fingerprint density at radius 1 is 1.19 bits per heavy atom. The number of carboxylic acid groups (broad SMARTS) is 1. The number of aliphatic carboxylic acids is 1. The van der Waals surface area contributed by atoms with Crippen LogP contribution in [-0.2, 0) is 4.79 Å². The van der Waals surface area contributed by atoms with Crippen LogP contribution in [0.2, 0.25) is 0 Å². The number of nitrogens with one attached hydrogen (secondary N) is 1. The summed E-state index contributed by atoms with van der Waals surface area (Å²) < 4.78 is 0. The Morgan fingerprint density at radius 2 is 1.86 bits per heavy atom. The minimum atomic E-state index is -0.740. The van der Waals surface area contributed by atoms with Crippen molar-refractivity contribution in [2.75, 3.05) is 33.7 Å². The minimum absolute atomic E-state index is 0.0191. The van der Waals surface area contributed by atoms with E-state index in [2.05, 4.69) is 24.3 Å². The highest BCUT2D eigenvalue weighted by Gasteiger charge is 2.32. The molecule has 1 aliphatic carbocycles. The van der Waals surface area contributed by atoms with Crippen molar-refractivity contribution in [2.45, 2.75) is 38.1 Å². The molecule has 0 aromatic heterocycles. The van der Waals surface area contributed by atoms with E-state index in [4.69, 9.17) is 5.11 Å². The van der Waals surface area contributed by atoms with Gasteiger partial charge < -0.3 is 20.2 Å². The highest BCUT2D eigenvalue weighted by molar-refractivity contribution is 5.75. The number of amides is 2. The first kappa shape index (κ1) is 16.1. The summed E-state index contributed by atoms with van der Waals surface area (Å²) in [4.78, 5) is 27.2. The van der Waals surface area contributed by atoms with Crippen molar-refractivity contribution < 1.29 is 14.7 Å². The zero-order chi connectivity index (χ0) is 15.4. The molecule has 0 bridgehead atoms. The fourth-order valence-corrected chi connectivity index (χ4v) is 3.44. The Balaban J connectivity index is 1.72. The molecule has 2 amide bonds. The molecular weight excluding hydrogens is 270 g/mol. The summed E-state index contributed by atoms with van der Waals surface area (Å²) in [6.07, 6.45) is 4.12. The van der Waals surface area contributed by atoms with Gasteiger partial charge in [0.1, 0.15) is 0 Å². The van der Waals surface area contributed by atoms with Crippen LogP contribution < -0.4 is 5.32 Å². The Labute approximate surface area is 126 Å². The normalized spacial score (nSPS) is 27.1. The van der Waals surface area contributed by atoms with Crippen LogP contribution in [0.3, 0.4) is 0 Å². The van der Waals surface area contributed by atoms with Crippen molar-refractivity contribution in [1.82, 2.24) is 15.1 Å². The SMILES string of the molecule is CN(C)CC1CCN(C(=O)N[C@H]2CC[C@@H](C(=O)O)C2)CC1. The standard InChI is InChI=1S/C15H27N3O3/c1-17(2)10-11-5-7-18(8-6-11)15(21)16-13-4-3-12(9-13)14(19)20/h11-13H,3-10H2,1-2H3,(H,16,21)(H,19,20)/t12-,13+/m1/s1. The average molecular weight is 297 g/mol. The van der Waals surface area contributed by atoms with Crippen molar-refractivity contribution in [1.29, 1.82) is 0 Å². The lowest BCUT2D eigenvalue weighted by atomic mass is 9.96. The largest absolute Gasteiger partial charge is 0.481 e. The lowest BCUT2D eigenvalue weighted by Gasteiger charge is -2.33. The Bertz CT molecular complexity index is 378. The van der Waals surface area contributed by atoms with Crippen LogP contribution in [-0.4, -0.2) is 66.7 Å². The smallest absolute Gasteiger partial charge is 0.317 e. The Morgan fingerprint density at radius 3 is 2.38 bits per heavy atom. The quantitative estimate of drug-likeness (QED) is 0.818. The first-order valence-corrected chi connectivity index (χ1v) is 7.88. The third-order valence-electron chi connectivity index (χ3n) is 4.63. The summed E-state index contributed by atoms with van der Waals surface area (Å²) in [5, 5.41) is 12.0.